The molecular weight excluding hydrogens is 216 g/mol. The van der Waals surface area contributed by atoms with Gasteiger partial charge in [-0.1, -0.05) is 53.5 Å². The summed E-state index contributed by atoms with van der Waals surface area (Å²) in [5, 5.41) is 24.5. The first-order valence-electron chi connectivity index (χ1n) is 5.73. The Labute approximate surface area is 101 Å². The van der Waals surface area contributed by atoms with E-state index < -0.39 is 0 Å². The van der Waals surface area contributed by atoms with Crippen molar-refractivity contribution in [2.24, 2.45) is 10.3 Å². The third-order valence-corrected chi connectivity index (χ3v) is 2.59. The lowest BCUT2D eigenvalue weighted by Gasteiger charge is -2.06. The molecule has 0 aliphatic carbocycles. The first-order chi connectivity index (χ1) is 8.22. The van der Waals surface area contributed by atoms with Crippen LogP contribution in [0.4, 0.5) is 0 Å². The second-order valence-corrected chi connectivity index (χ2v) is 3.96. The second kappa shape index (κ2) is 6.68. The second-order valence-electron chi connectivity index (χ2n) is 3.96. The summed E-state index contributed by atoms with van der Waals surface area (Å²) in [5.41, 5.74) is 2.63. The van der Waals surface area contributed by atoms with Crippen molar-refractivity contribution in [3.63, 3.8) is 0 Å². The molecule has 0 unspecified atom stereocenters. The number of nitrogens with zero attached hydrogens (tertiary/aromatic N) is 2. The van der Waals surface area contributed by atoms with Crippen LogP contribution in [0.3, 0.4) is 0 Å². The lowest BCUT2D eigenvalue weighted by Crippen LogP contribution is -2.16. The number of benzene rings is 1. The normalized spacial score (nSPS) is 12.8. The lowest BCUT2D eigenvalue weighted by atomic mass is 10.0. The Hall–Kier alpha value is -1.84. The van der Waals surface area contributed by atoms with Crippen LogP contribution in [-0.2, 0) is 0 Å². The molecule has 1 aromatic rings. The summed E-state index contributed by atoms with van der Waals surface area (Å²) in [7, 11) is 0. The van der Waals surface area contributed by atoms with Crippen LogP contribution in [0.25, 0.3) is 0 Å². The van der Waals surface area contributed by atoms with E-state index in [-0.39, 0.29) is 0 Å². The molecule has 0 saturated carbocycles. The highest BCUT2D eigenvalue weighted by Crippen LogP contribution is 2.09. The van der Waals surface area contributed by atoms with E-state index in [0.717, 1.165) is 24.0 Å². The maximum atomic E-state index is 9.05. The van der Waals surface area contributed by atoms with Crippen molar-refractivity contribution in [2.45, 2.75) is 33.1 Å². The fourth-order valence-electron chi connectivity index (χ4n) is 1.55. The van der Waals surface area contributed by atoms with Gasteiger partial charge in [0.25, 0.3) is 0 Å². The Bertz CT molecular complexity index is 408. The molecule has 0 amide bonds. The van der Waals surface area contributed by atoms with Gasteiger partial charge in [-0.15, -0.1) is 0 Å². The molecule has 0 atom stereocenters. The average molecular weight is 234 g/mol. The third kappa shape index (κ3) is 3.59. The topological polar surface area (TPSA) is 65.2 Å². The molecule has 0 aromatic heterocycles. The number of hydrogen-bond acceptors (Lipinski definition) is 4. The number of aryl methyl sites for hydroxylation is 1. The summed E-state index contributed by atoms with van der Waals surface area (Å²) in [6.45, 7) is 4.04. The third-order valence-electron chi connectivity index (χ3n) is 2.59. The monoisotopic (exact) mass is 234 g/mol. The number of hydrogen-bond donors (Lipinski definition) is 2. The first kappa shape index (κ1) is 13.2. The summed E-state index contributed by atoms with van der Waals surface area (Å²) in [6.07, 6.45) is 2.48. The smallest absolute Gasteiger partial charge is 0.134 e. The average Bonchev–Trinajstić information content (AvgIpc) is 2.36. The molecule has 0 saturated heterocycles. The first-order valence-corrected chi connectivity index (χ1v) is 5.73. The van der Waals surface area contributed by atoms with Crippen LogP contribution in [0, 0.1) is 6.92 Å². The van der Waals surface area contributed by atoms with E-state index in [0.29, 0.717) is 17.8 Å². The zero-order valence-electron chi connectivity index (χ0n) is 10.2. The van der Waals surface area contributed by atoms with Gasteiger partial charge in [0.1, 0.15) is 11.4 Å². The predicted octanol–water partition coefficient (Wildman–Crippen LogP) is 3.19. The fourth-order valence-corrected chi connectivity index (χ4v) is 1.55. The summed E-state index contributed by atoms with van der Waals surface area (Å²) in [6, 6.07) is 7.55. The van der Waals surface area contributed by atoms with Crippen LogP contribution in [-0.4, -0.2) is 21.8 Å². The quantitative estimate of drug-likeness (QED) is 0.467. The maximum absolute atomic E-state index is 9.05. The molecule has 0 aliphatic heterocycles. The van der Waals surface area contributed by atoms with E-state index in [1.807, 2.05) is 31.2 Å². The van der Waals surface area contributed by atoms with E-state index in [4.69, 9.17) is 10.4 Å². The molecule has 0 aliphatic rings. The molecule has 0 spiro atoms. The molecule has 0 fully saturated rings. The molecule has 0 bridgehead atoms. The van der Waals surface area contributed by atoms with Gasteiger partial charge >= 0.3 is 0 Å². The van der Waals surface area contributed by atoms with Crippen LogP contribution < -0.4 is 0 Å². The molecule has 4 heteroatoms. The Morgan fingerprint density at radius 2 is 1.76 bits per heavy atom. The lowest BCUT2D eigenvalue weighted by molar-refractivity contribution is 0.313. The van der Waals surface area contributed by atoms with Crippen LogP contribution >= 0.6 is 0 Å². The van der Waals surface area contributed by atoms with Gasteiger partial charge in [0.15, 0.2) is 0 Å². The maximum Gasteiger partial charge on any atom is 0.134 e. The Kier molecular flexibility index (Phi) is 5.20. The van der Waals surface area contributed by atoms with Gasteiger partial charge in [-0.25, -0.2) is 0 Å². The fraction of sp³-hybridized carbons (Fsp3) is 0.385. The van der Waals surface area contributed by atoms with Crippen molar-refractivity contribution in [1.82, 2.24) is 0 Å². The molecule has 2 N–H and O–H groups in total. The Balaban J connectivity index is 2.95. The van der Waals surface area contributed by atoms with Crippen LogP contribution in [0.15, 0.2) is 34.6 Å². The number of oxime groups is 2. The number of rotatable bonds is 5. The van der Waals surface area contributed by atoms with Crippen molar-refractivity contribution in [2.75, 3.05) is 0 Å². The highest BCUT2D eigenvalue weighted by Gasteiger charge is 2.12. The van der Waals surface area contributed by atoms with Crippen molar-refractivity contribution >= 4 is 11.4 Å². The van der Waals surface area contributed by atoms with Crippen LogP contribution in [0.5, 0.6) is 0 Å². The molecule has 4 nitrogen and oxygen atoms in total. The van der Waals surface area contributed by atoms with Gasteiger partial charge < -0.3 is 10.4 Å². The minimum Gasteiger partial charge on any atom is -0.411 e. The van der Waals surface area contributed by atoms with E-state index in [9.17, 15) is 0 Å². The number of unbranched alkanes of at least 4 members (excludes halogenated alkanes) is 1. The van der Waals surface area contributed by atoms with Gasteiger partial charge in [-0.05, 0) is 19.8 Å². The SMILES string of the molecule is CCCCC(=N/O)/C(=N\O)c1ccc(C)cc1. The van der Waals surface area contributed by atoms with Crippen molar-refractivity contribution in [3.05, 3.63) is 35.4 Å². The van der Waals surface area contributed by atoms with E-state index >= 15 is 0 Å². The molecule has 17 heavy (non-hydrogen) atoms. The highest BCUT2D eigenvalue weighted by molar-refractivity contribution is 6.48. The predicted molar refractivity (Wildman–Crippen MR) is 68.2 cm³/mol. The van der Waals surface area contributed by atoms with Gasteiger partial charge in [0, 0.05) is 5.56 Å². The molecule has 1 aromatic carbocycles. The molecular formula is C13H18N2O2. The highest BCUT2D eigenvalue weighted by atomic mass is 16.4. The largest absolute Gasteiger partial charge is 0.411 e. The van der Waals surface area contributed by atoms with Gasteiger partial charge in [0.2, 0.25) is 0 Å². The summed E-state index contributed by atoms with van der Waals surface area (Å²) < 4.78 is 0. The standard InChI is InChI=1S/C13H18N2O2/c1-3-4-5-12(14-16)13(15-17)11-8-6-10(2)7-9-11/h6-9,16-17H,3-5H2,1-2H3/b14-12-,15-13-. The molecule has 0 heterocycles. The van der Waals surface area contributed by atoms with E-state index in [1.54, 1.807) is 0 Å². The molecule has 0 radical (unpaired) electrons. The van der Waals surface area contributed by atoms with Crippen LogP contribution in [0.1, 0.15) is 37.3 Å². The van der Waals surface area contributed by atoms with Gasteiger partial charge in [-0.2, -0.15) is 0 Å². The van der Waals surface area contributed by atoms with E-state index in [1.165, 1.54) is 0 Å². The van der Waals surface area contributed by atoms with E-state index in [2.05, 4.69) is 17.2 Å². The van der Waals surface area contributed by atoms with Gasteiger partial charge in [0.05, 0.1) is 0 Å². The van der Waals surface area contributed by atoms with Gasteiger partial charge in [-0.3, -0.25) is 0 Å². The molecule has 92 valence electrons. The summed E-state index contributed by atoms with van der Waals surface area (Å²) in [4.78, 5) is 0. The zero-order chi connectivity index (χ0) is 12.7. The minimum atomic E-state index is 0.334. The zero-order valence-corrected chi connectivity index (χ0v) is 10.2. The summed E-state index contributed by atoms with van der Waals surface area (Å²) in [5.74, 6) is 0. The Morgan fingerprint density at radius 1 is 1.12 bits per heavy atom. The summed E-state index contributed by atoms with van der Waals surface area (Å²) >= 11 is 0. The van der Waals surface area contributed by atoms with Crippen molar-refractivity contribution < 1.29 is 10.4 Å². The van der Waals surface area contributed by atoms with Crippen LogP contribution in [0.2, 0.25) is 0 Å². The molecule has 1 rings (SSSR count). The van der Waals surface area contributed by atoms with Crippen molar-refractivity contribution in [1.29, 1.82) is 0 Å². The minimum absolute atomic E-state index is 0.334. The Morgan fingerprint density at radius 3 is 2.24 bits per heavy atom. The van der Waals surface area contributed by atoms with Crippen molar-refractivity contribution in [3.8, 4) is 0 Å².